The summed E-state index contributed by atoms with van der Waals surface area (Å²) in [6.45, 7) is 3.84. The fourth-order valence-corrected chi connectivity index (χ4v) is 3.36. The van der Waals surface area contributed by atoms with Crippen LogP contribution in [0.3, 0.4) is 0 Å². The van der Waals surface area contributed by atoms with E-state index in [1.807, 2.05) is 17.5 Å². The van der Waals surface area contributed by atoms with Crippen LogP contribution in [0.1, 0.15) is 30.2 Å². The zero-order chi connectivity index (χ0) is 12.4. The molecule has 18 heavy (non-hydrogen) atoms. The summed E-state index contributed by atoms with van der Waals surface area (Å²) >= 11 is 1.64. The minimum atomic E-state index is -0.335. The second-order valence-electron chi connectivity index (χ2n) is 5.43. The van der Waals surface area contributed by atoms with E-state index in [1.54, 1.807) is 11.3 Å². The minimum Gasteiger partial charge on any atom is -0.388 e. The molecule has 1 aliphatic heterocycles. The molecule has 0 amide bonds. The standard InChI is InChI=1S/C14H21NO2S/c16-13(14-2-1-7-18-14)8-12-10-17-6-5-15(12)9-11-3-4-11/h1-2,7,11-13,16H,3-6,8-10H2. The molecule has 2 aliphatic rings. The zero-order valence-electron chi connectivity index (χ0n) is 10.6. The SMILES string of the molecule is OC(CC1COCCN1CC1CC1)c1cccs1. The van der Waals surface area contributed by atoms with E-state index >= 15 is 0 Å². The molecule has 4 heteroatoms. The number of morpholine rings is 1. The number of hydrogen-bond acceptors (Lipinski definition) is 4. The van der Waals surface area contributed by atoms with Crippen molar-refractivity contribution in [3.05, 3.63) is 22.4 Å². The molecule has 0 bridgehead atoms. The Morgan fingerprint density at radius 2 is 2.39 bits per heavy atom. The molecule has 1 aromatic rings. The first-order valence-electron chi connectivity index (χ1n) is 6.86. The average Bonchev–Trinajstić information content (AvgIpc) is 3.02. The molecule has 2 atom stereocenters. The van der Waals surface area contributed by atoms with E-state index < -0.39 is 0 Å². The molecule has 2 heterocycles. The number of aliphatic hydroxyl groups excluding tert-OH is 1. The fourth-order valence-electron chi connectivity index (χ4n) is 2.63. The van der Waals surface area contributed by atoms with Crippen LogP contribution in [0.25, 0.3) is 0 Å². The molecule has 1 aliphatic carbocycles. The smallest absolute Gasteiger partial charge is 0.0897 e. The van der Waals surface area contributed by atoms with Gasteiger partial charge in [0.25, 0.3) is 0 Å². The molecule has 3 nitrogen and oxygen atoms in total. The maximum Gasteiger partial charge on any atom is 0.0897 e. The van der Waals surface area contributed by atoms with Gasteiger partial charge in [0.05, 0.1) is 19.3 Å². The number of hydrogen-bond donors (Lipinski definition) is 1. The number of rotatable bonds is 5. The van der Waals surface area contributed by atoms with Crippen LogP contribution in [-0.2, 0) is 4.74 Å². The predicted octanol–water partition coefficient (Wildman–Crippen LogP) is 2.28. The molecular formula is C14H21NO2S. The van der Waals surface area contributed by atoms with E-state index in [-0.39, 0.29) is 6.10 Å². The van der Waals surface area contributed by atoms with Gasteiger partial charge in [-0.3, -0.25) is 4.90 Å². The van der Waals surface area contributed by atoms with Crippen molar-refractivity contribution >= 4 is 11.3 Å². The van der Waals surface area contributed by atoms with E-state index in [0.717, 1.165) is 37.0 Å². The third-order valence-corrected chi connectivity index (χ3v) is 4.88. The largest absolute Gasteiger partial charge is 0.388 e. The van der Waals surface area contributed by atoms with E-state index in [9.17, 15) is 5.11 Å². The highest BCUT2D eigenvalue weighted by molar-refractivity contribution is 7.10. The van der Waals surface area contributed by atoms with Crippen molar-refractivity contribution in [1.29, 1.82) is 0 Å². The molecule has 1 aromatic heterocycles. The molecule has 1 saturated heterocycles. The molecule has 0 radical (unpaired) electrons. The van der Waals surface area contributed by atoms with Crippen molar-refractivity contribution in [3.63, 3.8) is 0 Å². The molecule has 100 valence electrons. The van der Waals surface area contributed by atoms with Crippen molar-refractivity contribution in [1.82, 2.24) is 4.90 Å². The van der Waals surface area contributed by atoms with Gasteiger partial charge < -0.3 is 9.84 Å². The van der Waals surface area contributed by atoms with Crippen LogP contribution in [-0.4, -0.2) is 42.4 Å². The quantitative estimate of drug-likeness (QED) is 0.888. The Bertz CT molecular complexity index is 364. The number of nitrogens with zero attached hydrogens (tertiary/aromatic N) is 1. The van der Waals surface area contributed by atoms with Gasteiger partial charge in [0.15, 0.2) is 0 Å². The molecule has 0 spiro atoms. The Hall–Kier alpha value is -0.420. The molecule has 1 N–H and O–H groups in total. The van der Waals surface area contributed by atoms with E-state index in [4.69, 9.17) is 4.74 Å². The van der Waals surface area contributed by atoms with Crippen molar-refractivity contribution < 1.29 is 9.84 Å². The Kier molecular flexibility index (Phi) is 3.99. The first kappa shape index (κ1) is 12.6. The second-order valence-corrected chi connectivity index (χ2v) is 6.41. The summed E-state index contributed by atoms with van der Waals surface area (Å²) in [4.78, 5) is 3.60. The van der Waals surface area contributed by atoms with Gasteiger partial charge in [-0.25, -0.2) is 0 Å². The highest BCUT2D eigenvalue weighted by Crippen LogP contribution is 2.32. The van der Waals surface area contributed by atoms with Crippen LogP contribution in [0.4, 0.5) is 0 Å². The van der Waals surface area contributed by atoms with Crippen LogP contribution in [0.2, 0.25) is 0 Å². The predicted molar refractivity (Wildman–Crippen MR) is 72.8 cm³/mol. The van der Waals surface area contributed by atoms with Gasteiger partial charge in [-0.2, -0.15) is 0 Å². The van der Waals surface area contributed by atoms with Crippen molar-refractivity contribution in [3.8, 4) is 0 Å². The second kappa shape index (κ2) is 5.70. The van der Waals surface area contributed by atoms with Crippen LogP contribution in [0, 0.1) is 5.92 Å². The summed E-state index contributed by atoms with van der Waals surface area (Å²) in [6, 6.07) is 4.41. The first-order valence-corrected chi connectivity index (χ1v) is 7.74. The average molecular weight is 267 g/mol. The summed E-state index contributed by atoms with van der Waals surface area (Å²) < 4.78 is 5.58. The molecule has 3 rings (SSSR count). The van der Waals surface area contributed by atoms with Gasteiger partial charge in [-0.05, 0) is 36.6 Å². The molecular weight excluding hydrogens is 246 g/mol. The lowest BCUT2D eigenvalue weighted by Gasteiger charge is -2.36. The van der Waals surface area contributed by atoms with Crippen molar-refractivity contribution in [2.45, 2.75) is 31.4 Å². The summed E-state index contributed by atoms with van der Waals surface area (Å²) in [7, 11) is 0. The Labute approximate surface area is 112 Å². The summed E-state index contributed by atoms with van der Waals surface area (Å²) in [5.74, 6) is 0.907. The van der Waals surface area contributed by atoms with Gasteiger partial charge >= 0.3 is 0 Å². The van der Waals surface area contributed by atoms with Crippen LogP contribution in [0.15, 0.2) is 17.5 Å². The lowest BCUT2D eigenvalue weighted by Crippen LogP contribution is -2.46. The Morgan fingerprint density at radius 1 is 1.50 bits per heavy atom. The normalized spacial score (nSPS) is 27.3. The lowest BCUT2D eigenvalue weighted by molar-refractivity contribution is -0.0275. The lowest BCUT2D eigenvalue weighted by atomic mass is 10.1. The van der Waals surface area contributed by atoms with Gasteiger partial charge in [-0.1, -0.05) is 6.07 Å². The summed E-state index contributed by atoms with van der Waals surface area (Å²) in [5, 5.41) is 12.3. The number of thiophene rings is 1. The minimum absolute atomic E-state index is 0.335. The third-order valence-electron chi connectivity index (χ3n) is 3.91. The van der Waals surface area contributed by atoms with Gasteiger partial charge in [0.2, 0.25) is 0 Å². The van der Waals surface area contributed by atoms with E-state index in [1.165, 1.54) is 19.4 Å². The zero-order valence-corrected chi connectivity index (χ0v) is 11.4. The maximum atomic E-state index is 10.3. The van der Waals surface area contributed by atoms with Gasteiger partial charge in [0.1, 0.15) is 0 Å². The molecule has 1 saturated carbocycles. The van der Waals surface area contributed by atoms with Crippen molar-refractivity contribution in [2.24, 2.45) is 5.92 Å². The summed E-state index contributed by atoms with van der Waals surface area (Å²) in [6.07, 6.45) is 3.24. The maximum absolute atomic E-state index is 10.3. The fraction of sp³-hybridized carbons (Fsp3) is 0.714. The third kappa shape index (κ3) is 3.12. The Balaban J connectivity index is 1.58. The molecule has 2 fully saturated rings. The van der Waals surface area contributed by atoms with E-state index in [0.29, 0.717) is 6.04 Å². The van der Waals surface area contributed by atoms with Gasteiger partial charge in [0, 0.05) is 24.0 Å². The summed E-state index contributed by atoms with van der Waals surface area (Å²) in [5.41, 5.74) is 0. The highest BCUT2D eigenvalue weighted by Gasteiger charge is 2.31. The molecule has 2 unspecified atom stereocenters. The van der Waals surface area contributed by atoms with Gasteiger partial charge in [-0.15, -0.1) is 11.3 Å². The van der Waals surface area contributed by atoms with Crippen LogP contribution >= 0.6 is 11.3 Å². The van der Waals surface area contributed by atoms with Crippen LogP contribution < -0.4 is 0 Å². The van der Waals surface area contributed by atoms with E-state index in [2.05, 4.69) is 4.90 Å². The number of aliphatic hydroxyl groups is 1. The molecule has 0 aromatic carbocycles. The number of ether oxygens (including phenoxy) is 1. The van der Waals surface area contributed by atoms with Crippen LogP contribution in [0.5, 0.6) is 0 Å². The topological polar surface area (TPSA) is 32.7 Å². The first-order chi connectivity index (χ1) is 8.83. The highest BCUT2D eigenvalue weighted by atomic mass is 32.1. The Morgan fingerprint density at radius 3 is 3.11 bits per heavy atom. The van der Waals surface area contributed by atoms with Crippen molar-refractivity contribution in [2.75, 3.05) is 26.3 Å². The monoisotopic (exact) mass is 267 g/mol.